The second-order valence-corrected chi connectivity index (χ2v) is 4.52. The molecular weight excluding hydrogens is 248 g/mol. The summed E-state index contributed by atoms with van der Waals surface area (Å²) in [6.45, 7) is 1.67. The zero-order chi connectivity index (χ0) is 12.2. The van der Waals surface area contributed by atoms with E-state index in [0.29, 0.717) is 5.56 Å². The fourth-order valence-electron chi connectivity index (χ4n) is 2.14. The maximum Gasteiger partial charge on any atom is 0.302 e. The molecule has 1 N–H and O–H groups in total. The molecule has 2 aliphatic rings. The first-order valence-electron chi connectivity index (χ1n) is 5.27. The molecule has 3 heterocycles. The highest BCUT2D eigenvalue weighted by atomic mass is 35.5. The van der Waals surface area contributed by atoms with Crippen LogP contribution in [0.4, 0.5) is 0 Å². The largest absolute Gasteiger partial charge is 0.453 e. The lowest BCUT2D eigenvalue weighted by Crippen LogP contribution is -2.34. The van der Waals surface area contributed by atoms with Crippen molar-refractivity contribution in [2.75, 3.05) is 5.88 Å². The van der Waals surface area contributed by atoms with Crippen molar-refractivity contribution in [1.29, 1.82) is 0 Å². The molecule has 92 valence electrons. The highest BCUT2D eigenvalue weighted by Gasteiger charge is 2.50. The van der Waals surface area contributed by atoms with Crippen LogP contribution >= 0.6 is 11.6 Å². The number of ether oxygens (including phenoxy) is 2. The number of hydrogen-bond donors (Lipinski definition) is 1. The summed E-state index contributed by atoms with van der Waals surface area (Å²) in [5.41, 5.74) is 0.171. The normalized spacial score (nSPS) is 34.3. The second-order valence-electron chi connectivity index (χ2n) is 4.21. The van der Waals surface area contributed by atoms with E-state index in [1.165, 1.54) is 0 Å². The number of alkyl halides is 1. The standard InChI is InChI=1S/C10H11ClN2O4/c1-4-3-13-9-7(6(14)5(2-11)16-9)17-10(13)12-8(4)15/h3,5-7,9,14H,2H2,1H3/t5-,6+,7-,9+/m1/s1. The summed E-state index contributed by atoms with van der Waals surface area (Å²) < 4.78 is 12.6. The molecule has 1 aromatic rings. The number of rotatable bonds is 1. The van der Waals surface area contributed by atoms with E-state index in [1.54, 1.807) is 17.7 Å². The summed E-state index contributed by atoms with van der Waals surface area (Å²) in [6.07, 6.45) is -0.657. The fourth-order valence-corrected chi connectivity index (χ4v) is 2.40. The number of aliphatic hydroxyl groups is 1. The molecule has 0 aromatic carbocycles. The number of hydrogen-bond acceptors (Lipinski definition) is 5. The van der Waals surface area contributed by atoms with Crippen molar-refractivity contribution in [3.63, 3.8) is 0 Å². The first kappa shape index (κ1) is 11.0. The van der Waals surface area contributed by atoms with Crippen LogP contribution < -0.4 is 10.3 Å². The molecule has 0 bridgehead atoms. The van der Waals surface area contributed by atoms with Gasteiger partial charge in [0.25, 0.3) is 5.56 Å². The number of nitrogens with zero attached hydrogens (tertiary/aromatic N) is 2. The smallest absolute Gasteiger partial charge is 0.302 e. The van der Waals surface area contributed by atoms with Crippen molar-refractivity contribution in [3.05, 3.63) is 22.1 Å². The lowest BCUT2D eigenvalue weighted by atomic mass is 10.1. The van der Waals surface area contributed by atoms with Crippen LogP contribution in [0.2, 0.25) is 0 Å². The Morgan fingerprint density at radius 2 is 2.41 bits per heavy atom. The number of halogens is 1. The third-order valence-corrected chi connectivity index (χ3v) is 3.37. The van der Waals surface area contributed by atoms with Crippen LogP contribution in [0.1, 0.15) is 11.8 Å². The minimum Gasteiger partial charge on any atom is -0.453 e. The van der Waals surface area contributed by atoms with Crippen LogP contribution in [0, 0.1) is 6.92 Å². The van der Waals surface area contributed by atoms with Crippen molar-refractivity contribution in [2.24, 2.45) is 0 Å². The van der Waals surface area contributed by atoms with Gasteiger partial charge in [-0.05, 0) is 6.92 Å². The quantitative estimate of drug-likeness (QED) is 0.707. The number of aryl methyl sites for hydroxylation is 1. The van der Waals surface area contributed by atoms with Crippen molar-refractivity contribution < 1.29 is 14.6 Å². The average molecular weight is 259 g/mol. The van der Waals surface area contributed by atoms with Gasteiger partial charge in [-0.2, -0.15) is 4.98 Å². The van der Waals surface area contributed by atoms with Crippen LogP contribution in [0.5, 0.6) is 6.01 Å². The van der Waals surface area contributed by atoms with Gasteiger partial charge in [-0.15, -0.1) is 11.6 Å². The molecule has 1 aromatic heterocycles. The maximum absolute atomic E-state index is 11.4. The molecule has 0 unspecified atom stereocenters. The SMILES string of the molecule is Cc1cn2c(nc1=O)O[C@@H]1[C@@H](O)[C@@H](CCl)O[C@@H]12. The predicted molar refractivity (Wildman–Crippen MR) is 58.3 cm³/mol. The molecule has 1 saturated heterocycles. The second kappa shape index (κ2) is 3.69. The monoisotopic (exact) mass is 258 g/mol. The van der Waals surface area contributed by atoms with Crippen LogP contribution in [0.25, 0.3) is 0 Å². The van der Waals surface area contributed by atoms with Gasteiger partial charge >= 0.3 is 6.01 Å². The van der Waals surface area contributed by atoms with Crippen LogP contribution in [0.15, 0.2) is 11.0 Å². The maximum atomic E-state index is 11.4. The minimum absolute atomic E-state index is 0.183. The Hall–Kier alpha value is -1.11. The Bertz CT molecular complexity index is 518. The Balaban J connectivity index is 2.02. The summed E-state index contributed by atoms with van der Waals surface area (Å²) >= 11 is 5.68. The lowest BCUT2D eigenvalue weighted by molar-refractivity contribution is -0.00472. The van der Waals surface area contributed by atoms with Gasteiger partial charge in [-0.3, -0.25) is 9.36 Å². The summed E-state index contributed by atoms with van der Waals surface area (Å²) in [7, 11) is 0. The molecule has 0 radical (unpaired) electrons. The van der Waals surface area contributed by atoms with E-state index in [1.807, 2.05) is 0 Å². The van der Waals surface area contributed by atoms with E-state index in [4.69, 9.17) is 21.1 Å². The highest BCUT2D eigenvalue weighted by molar-refractivity contribution is 6.18. The summed E-state index contributed by atoms with van der Waals surface area (Å²) in [5, 5.41) is 9.92. The van der Waals surface area contributed by atoms with Crippen LogP contribution in [-0.4, -0.2) is 38.8 Å². The average Bonchev–Trinajstić information content (AvgIpc) is 2.78. The zero-order valence-electron chi connectivity index (χ0n) is 9.04. The van der Waals surface area contributed by atoms with Crippen molar-refractivity contribution in [1.82, 2.24) is 9.55 Å². The molecule has 1 fully saturated rings. The molecule has 2 aliphatic heterocycles. The van der Waals surface area contributed by atoms with Gasteiger partial charge in [0.1, 0.15) is 12.2 Å². The first-order chi connectivity index (χ1) is 8.11. The van der Waals surface area contributed by atoms with E-state index >= 15 is 0 Å². The fraction of sp³-hybridized carbons (Fsp3) is 0.600. The molecule has 0 saturated carbocycles. The molecule has 7 heteroatoms. The van der Waals surface area contributed by atoms with E-state index < -0.39 is 24.5 Å². The Morgan fingerprint density at radius 1 is 1.65 bits per heavy atom. The number of aliphatic hydroxyl groups excluding tert-OH is 1. The third kappa shape index (κ3) is 1.48. The minimum atomic E-state index is -0.811. The molecule has 0 aliphatic carbocycles. The lowest BCUT2D eigenvalue weighted by Gasteiger charge is -2.14. The van der Waals surface area contributed by atoms with Gasteiger partial charge < -0.3 is 14.6 Å². The molecule has 4 atom stereocenters. The molecule has 0 amide bonds. The first-order valence-corrected chi connectivity index (χ1v) is 5.81. The van der Waals surface area contributed by atoms with E-state index in [-0.39, 0.29) is 17.4 Å². The van der Waals surface area contributed by atoms with Crippen molar-refractivity contribution in [3.8, 4) is 6.01 Å². The number of aromatic nitrogens is 2. The zero-order valence-corrected chi connectivity index (χ0v) is 9.79. The van der Waals surface area contributed by atoms with E-state index in [2.05, 4.69) is 4.98 Å². The van der Waals surface area contributed by atoms with Gasteiger partial charge in [0.15, 0.2) is 12.3 Å². The van der Waals surface area contributed by atoms with Gasteiger partial charge in [-0.1, -0.05) is 0 Å². The molecule has 6 nitrogen and oxygen atoms in total. The summed E-state index contributed by atoms with van der Waals surface area (Å²) in [6, 6.07) is 0.183. The van der Waals surface area contributed by atoms with Crippen molar-refractivity contribution in [2.45, 2.75) is 31.5 Å². The molecular formula is C10H11ClN2O4. The molecule has 0 spiro atoms. The van der Waals surface area contributed by atoms with Crippen LogP contribution in [0.3, 0.4) is 0 Å². The Labute approximate surface area is 102 Å². The van der Waals surface area contributed by atoms with Gasteiger partial charge in [0.05, 0.1) is 5.88 Å². The Kier molecular flexibility index (Phi) is 2.39. The van der Waals surface area contributed by atoms with Gasteiger partial charge in [-0.25, -0.2) is 0 Å². The predicted octanol–water partition coefficient (Wildman–Crippen LogP) is -0.190. The van der Waals surface area contributed by atoms with E-state index in [0.717, 1.165) is 0 Å². The summed E-state index contributed by atoms with van der Waals surface area (Å²) in [5.74, 6) is 0.194. The highest BCUT2D eigenvalue weighted by Crippen LogP contribution is 2.39. The molecule has 3 rings (SSSR count). The topological polar surface area (TPSA) is 73.6 Å². The Morgan fingerprint density at radius 3 is 3.12 bits per heavy atom. The van der Waals surface area contributed by atoms with Crippen molar-refractivity contribution >= 4 is 11.6 Å². The van der Waals surface area contributed by atoms with Crippen LogP contribution in [-0.2, 0) is 4.74 Å². The summed E-state index contributed by atoms with van der Waals surface area (Å²) in [4.78, 5) is 15.2. The third-order valence-electron chi connectivity index (χ3n) is 3.07. The number of fused-ring (bicyclic) bond motifs is 3. The van der Waals surface area contributed by atoms with Gasteiger partial charge in [0, 0.05) is 11.8 Å². The molecule has 17 heavy (non-hydrogen) atoms. The van der Waals surface area contributed by atoms with Gasteiger partial charge in [0.2, 0.25) is 0 Å². The van der Waals surface area contributed by atoms with E-state index in [9.17, 15) is 9.90 Å².